The molecule has 0 aromatic heterocycles. The number of rotatable bonds is 7. The molecule has 7 nitrogen and oxygen atoms in total. The van der Waals surface area contributed by atoms with Gasteiger partial charge < -0.3 is 14.2 Å². The molecule has 2 atom stereocenters. The average Bonchev–Trinajstić information content (AvgIpc) is 2.55. The summed E-state index contributed by atoms with van der Waals surface area (Å²) >= 11 is 0. The van der Waals surface area contributed by atoms with Crippen molar-refractivity contribution in [2.75, 3.05) is 0 Å². The predicted molar refractivity (Wildman–Crippen MR) is 89.9 cm³/mol. The Morgan fingerprint density at radius 1 is 1.21 bits per heavy atom. The third kappa shape index (κ3) is 4.41. The van der Waals surface area contributed by atoms with Crippen LogP contribution >= 0.6 is 7.60 Å². The van der Waals surface area contributed by atoms with Crippen molar-refractivity contribution in [1.29, 1.82) is 0 Å². The van der Waals surface area contributed by atoms with Gasteiger partial charge in [0, 0.05) is 6.07 Å². The van der Waals surface area contributed by atoms with E-state index >= 15 is 0 Å². The lowest BCUT2D eigenvalue weighted by Crippen LogP contribution is -2.12. The Kier molecular flexibility index (Phi) is 5.72. The number of hydrogen-bond donors (Lipinski definition) is 1. The van der Waals surface area contributed by atoms with E-state index in [9.17, 15) is 19.6 Å². The maximum Gasteiger partial charge on any atom is 0.359 e. The summed E-state index contributed by atoms with van der Waals surface area (Å²) < 4.78 is 22.9. The van der Waals surface area contributed by atoms with Crippen LogP contribution in [0, 0.1) is 10.1 Å². The fourth-order valence-electron chi connectivity index (χ4n) is 1.90. The molecule has 0 amide bonds. The normalized spacial score (nSPS) is 14.6. The minimum absolute atomic E-state index is 0.0956. The summed E-state index contributed by atoms with van der Waals surface area (Å²) in [7, 11) is -3.91. The predicted octanol–water partition coefficient (Wildman–Crippen LogP) is 4.01. The van der Waals surface area contributed by atoms with Crippen molar-refractivity contribution in [1.82, 2.24) is 0 Å². The monoisotopic (exact) mass is 351 g/mol. The molecule has 0 aliphatic heterocycles. The standard InChI is InChI=1S/C16H18NO6P/c1-3-12(2)23-24(20,21)14-10-8-13(9-11-14)22-16-7-5-4-6-15(16)17(18)19/h4-12H,3H2,1-2H3,(H,20,21). The van der Waals surface area contributed by atoms with E-state index in [1.807, 2.05) is 6.92 Å². The van der Waals surface area contributed by atoms with Gasteiger partial charge in [0.1, 0.15) is 5.75 Å². The first-order chi connectivity index (χ1) is 11.3. The van der Waals surface area contributed by atoms with Gasteiger partial charge in [-0.15, -0.1) is 0 Å². The van der Waals surface area contributed by atoms with E-state index < -0.39 is 12.5 Å². The second kappa shape index (κ2) is 7.57. The molecule has 2 aromatic carbocycles. The van der Waals surface area contributed by atoms with Gasteiger partial charge >= 0.3 is 13.3 Å². The summed E-state index contributed by atoms with van der Waals surface area (Å²) in [5, 5.41) is 11.1. The summed E-state index contributed by atoms with van der Waals surface area (Å²) in [4.78, 5) is 20.4. The van der Waals surface area contributed by atoms with Crippen molar-refractivity contribution >= 4 is 18.6 Å². The highest BCUT2D eigenvalue weighted by molar-refractivity contribution is 7.61. The molecule has 0 bridgehead atoms. The summed E-state index contributed by atoms with van der Waals surface area (Å²) in [6, 6.07) is 11.7. The van der Waals surface area contributed by atoms with Crippen LogP contribution in [0.4, 0.5) is 5.69 Å². The number of nitrogens with zero attached hydrogens (tertiary/aromatic N) is 1. The Morgan fingerprint density at radius 3 is 2.42 bits per heavy atom. The van der Waals surface area contributed by atoms with E-state index in [1.165, 1.54) is 36.4 Å². The van der Waals surface area contributed by atoms with Gasteiger partial charge in [-0.2, -0.15) is 0 Å². The van der Waals surface area contributed by atoms with E-state index in [2.05, 4.69) is 0 Å². The van der Waals surface area contributed by atoms with E-state index in [4.69, 9.17) is 9.26 Å². The van der Waals surface area contributed by atoms with Gasteiger partial charge in [0.2, 0.25) is 5.75 Å². The second-order valence-corrected chi connectivity index (χ2v) is 6.93. The molecule has 0 saturated heterocycles. The van der Waals surface area contributed by atoms with Crippen molar-refractivity contribution in [3.63, 3.8) is 0 Å². The lowest BCUT2D eigenvalue weighted by Gasteiger charge is -2.17. The third-order valence-electron chi connectivity index (χ3n) is 3.35. The number of nitro benzene ring substituents is 1. The van der Waals surface area contributed by atoms with Crippen LogP contribution < -0.4 is 10.0 Å². The van der Waals surface area contributed by atoms with Gasteiger partial charge in [0.15, 0.2) is 0 Å². The van der Waals surface area contributed by atoms with Gasteiger partial charge in [0.25, 0.3) is 0 Å². The maximum atomic E-state index is 12.2. The molecule has 0 spiro atoms. The molecular formula is C16H18NO6P. The maximum absolute atomic E-state index is 12.2. The van der Waals surface area contributed by atoms with Crippen molar-refractivity contribution in [3.8, 4) is 11.5 Å². The highest BCUT2D eigenvalue weighted by atomic mass is 31.2. The van der Waals surface area contributed by atoms with Crippen molar-refractivity contribution in [2.45, 2.75) is 26.4 Å². The van der Waals surface area contributed by atoms with Gasteiger partial charge in [0.05, 0.1) is 16.3 Å². The minimum Gasteiger partial charge on any atom is -0.450 e. The zero-order chi connectivity index (χ0) is 17.7. The molecule has 2 unspecified atom stereocenters. The van der Waals surface area contributed by atoms with Crippen molar-refractivity contribution in [2.24, 2.45) is 0 Å². The quantitative estimate of drug-likeness (QED) is 0.460. The minimum atomic E-state index is -3.91. The van der Waals surface area contributed by atoms with Crippen LogP contribution in [0.5, 0.6) is 11.5 Å². The van der Waals surface area contributed by atoms with Crippen molar-refractivity contribution < 1.29 is 23.6 Å². The van der Waals surface area contributed by atoms with Gasteiger partial charge in [-0.1, -0.05) is 19.1 Å². The van der Waals surface area contributed by atoms with Crippen LogP contribution in [-0.2, 0) is 9.09 Å². The molecule has 0 fully saturated rings. The fourth-order valence-corrected chi connectivity index (χ4v) is 3.19. The lowest BCUT2D eigenvalue weighted by molar-refractivity contribution is -0.385. The molecule has 1 N–H and O–H groups in total. The van der Waals surface area contributed by atoms with E-state index in [-0.39, 0.29) is 22.8 Å². The van der Waals surface area contributed by atoms with Crippen LogP contribution in [0.3, 0.4) is 0 Å². The molecule has 8 heteroatoms. The molecule has 2 rings (SSSR count). The Morgan fingerprint density at radius 2 is 1.83 bits per heavy atom. The van der Waals surface area contributed by atoms with E-state index in [1.54, 1.807) is 19.1 Å². The van der Waals surface area contributed by atoms with Crippen LogP contribution in [0.1, 0.15) is 20.3 Å². The first-order valence-corrected chi connectivity index (χ1v) is 8.94. The molecular weight excluding hydrogens is 333 g/mol. The molecule has 24 heavy (non-hydrogen) atoms. The van der Waals surface area contributed by atoms with Crippen molar-refractivity contribution in [3.05, 3.63) is 58.6 Å². The molecule has 2 aromatic rings. The largest absolute Gasteiger partial charge is 0.450 e. The summed E-state index contributed by atoms with van der Waals surface area (Å²) in [6.07, 6.45) is 0.271. The number of hydrogen-bond acceptors (Lipinski definition) is 5. The van der Waals surface area contributed by atoms with Gasteiger partial charge in [-0.3, -0.25) is 14.7 Å². The highest BCUT2D eigenvalue weighted by Crippen LogP contribution is 2.43. The molecule has 0 heterocycles. The lowest BCUT2D eigenvalue weighted by atomic mass is 10.3. The van der Waals surface area contributed by atoms with Crippen LogP contribution in [0.15, 0.2) is 48.5 Å². The topological polar surface area (TPSA) is 98.9 Å². The smallest absolute Gasteiger partial charge is 0.359 e. The Balaban J connectivity index is 2.19. The summed E-state index contributed by atoms with van der Waals surface area (Å²) in [5.41, 5.74) is -0.158. The Bertz CT molecular complexity index is 761. The van der Waals surface area contributed by atoms with Gasteiger partial charge in [-0.05, 0) is 43.7 Å². The second-order valence-electron chi connectivity index (χ2n) is 5.17. The van der Waals surface area contributed by atoms with Crippen LogP contribution in [0.2, 0.25) is 0 Å². The average molecular weight is 351 g/mol. The SMILES string of the molecule is CCC(C)OP(=O)(O)c1ccc(Oc2ccccc2[N+](=O)[O-])cc1. The third-order valence-corrected chi connectivity index (χ3v) is 4.95. The molecule has 0 radical (unpaired) electrons. The summed E-state index contributed by atoms with van der Waals surface area (Å²) in [6.45, 7) is 3.57. The molecule has 0 saturated carbocycles. The highest BCUT2D eigenvalue weighted by Gasteiger charge is 2.25. The van der Waals surface area contributed by atoms with Crippen LogP contribution in [-0.4, -0.2) is 15.9 Å². The Hall–Kier alpha value is -2.21. The molecule has 0 aliphatic carbocycles. The van der Waals surface area contributed by atoms with E-state index in [0.717, 1.165) is 0 Å². The first-order valence-electron chi connectivity index (χ1n) is 7.36. The number of nitro groups is 1. The number of ether oxygens (including phenoxy) is 1. The van der Waals surface area contributed by atoms with Crippen LogP contribution in [0.25, 0.3) is 0 Å². The Labute approximate surface area is 139 Å². The fraction of sp³-hybridized carbons (Fsp3) is 0.250. The number of benzene rings is 2. The van der Waals surface area contributed by atoms with E-state index in [0.29, 0.717) is 12.2 Å². The first kappa shape index (κ1) is 18.1. The zero-order valence-corrected chi connectivity index (χ0v) is 14.2. The van der Waals surface area contributed by atoms with Gasteiger partial charge in [-0.25, -0.2) is 0 Å². The molecule has 0 aliphatic rings. The number of para-hydroxylation sites is 2. The molecule has 128 valence electrons. The summed E-state index contributed by atoms with van der Waals surface area (Å²) in [5.74, 6) is 0.412. The zero-order valence-electron chi connectivity index (χ0n) is 13.3.